The van der Waals surface area contributed by atoms with E-state index in [9.17, 15) is 4.79 Å². The molecule has 5 N–H and O–H groups in total. The molecule has 5 rings (SSSR count). The third-order valence-corrected chi connectivity index (χ3v) is 5.18. The molecule has 0 fully saturated rings. The highest BCUT2D eigenvalue weighted by Crippen LogP contribution is 2.23. The van der Waals surface area contributed by atoms with E-state index >= 15 is 0 Å². The van der Waals surface area contributed by atoms with Gasteiger partial charge in [0, 0.05) is 35.4 Å². The Morgan fingerprint density at radius 1 is 1.12 bits per heavy atom. The number of aromatic nitrogens is 5. The van der Waals surface area contributed by atoms with Crippen molar-refractivity contribution in [1.29, 1.82) is 0 Å². The lowest BCUT2D eigenvalue weighted by molar-refractivity contribution is -0.122. The van der Waals surface area contributed by atoms with Gasteiger partial charge in [-0.05, 0) is 55.0 Å². The molecule has 10 nitrogen and oxygen atoms in total. The van der Waals surface area contributed by atoms with Crippen molar-refractivity contribution in [2.45, 2.75) is 6.92 Å². The first kappa shape index (κ1) is 19.8. The molecule has 2 aromatic carbocycles. The number of hydrogen-bond acceptors (Lipinski definition) is 7. The van der Waals surface area contributed by atoms with Crippen LogP contribution < -0.4 is 20.7 Å². The summed E-state index contributed by atoms with van der Waals surface area (Å²) in [6, 6.07) is 13.2. The Balaban J connectivity index is 1.18. The van der Waals surface area contributed by atoms with Crippen molar-refractivity contribution >= 4 is 28.4 Å². The van der Waals surface area contributed by atoms with Crippen molar-refractivity contribution in [3.63, 3.8) is 0 Å². The van der Waals surface area contributed by atoms with Crippen molar-refractivity contribution in [2.75, 3.05) is 25.0 Å². The first-order valence-electron chi connectivity index (χ1n) is 10.2. The smallest absolute Gasteiger partial charge is 0.262 e. The van der Waals surface area contributed by atoms with E-state index in [2.05, 4.69) is 41.3 Å². The summed E-state index contributed by atoms with van der Waals surface area (Å²) in [4.78, 5) is 16.6. The molecule has 3 heterocycles. The van der Waals surface area contributed by atoms with E-state index in [0.29, 0.717) is 24.1 Å². The average molecular weight is 430 g/mol. The minimum absolute atomic E-state index is 0.0481. The van der Waals surface area contributed by atoms with Crippen LogP contribution in [0.4, 0.5) is 11.6 Å². The Morgan fingerprint density at radius 2 is 2.00 bits per heavy atom. The lowest BCUT2D eigenvalue weighted by Crippen LogP contribution is -2.30. The van der Waals surface area contributed by atoms with Gasteiger partial charge < -0.3 is 20.7 Å². The van der Waals surface area contributed by atoms with Gasteiger partial charge in [0.2, 0.25) is 5.95 Å². The number of benzene rings is 2. The Kier molecular flexibility index (Phi) is 5.26. The van der Waals surface area contributed by atoms with Crippen molar-refractivity contribution < 1.29 is 9.53 Å². The van der Waals surface area contributed by atoms with E-state index in [-0.39, 0.29) is 12.5 Å². The first-order valence-corrected chi connectivity index (χ1v) is 10.2. The fraction of sp³-hybridized carbons (Fsp3) is 0.182. The standard InChI is InChI=1S/C22H22N8O2/c1-13-9-23-11-19(13)26-20(31)12-32-17-5-2-14(3-6-17)21-27-22(30-29-21)25-16-4-7-18-15(8-16)10-24-28-18/h2-8,10,23H,9,11-12H2,1H3,(H,24,28)(H,26,31)(H2,25,27,29,30). The van der Waals surface area contributed by atoms with Crippen LogP contribution in [0.1, 0.15) is 6.92 Å². The van der Waals surface area contributed by atoms with Gasteiger partial charge in [0.1, 0.15) is 5.75 Å². The minimum atomic E-state index is -0.174. The number of carbonyl (C=O) groups excluding carboxylic acids is 1. The second kappa shape index (κ2) is 8.52. The van der Waals surface area contributed by atoms with Crippen molar-refractivity contribution in [3.05, 3.63) is 59.9 Å². The van der Waals surface area contributed by atoms with Crippen molar-refractivity contribution in [1.82, 2.24) is 36.0 Å². The zero-order chi connectivity index (χ0) is 21.9. The van der Waals surface area contributed by atoms with Gasteiger partial charge in [0.25, 0.3) is 5.91 Å². The van der Waals surface area contributed by atoms with Crippen LogP contribution in [0.15, 0.2) is 59.9 Å². The molecule has 1 aliphatic heterocycles. The third-order valence-electron chi connectivity index (χ3n) is 5.18. The van der Waals surface area contributed by atoms with E-state index in [4.69, 9.17) is 4.74 Å². The van der Waals surface area contributed by atoms with Crippen LogP contribution in [0.2, 0.25) is 0 Å². The molecule has 0 bridgehead atoms. The summed E-state index contributed by atoms with van der Waals surface area (Å²) in [6.45, 7) is 3.43. The van der Waals surface area contributed by atoms with Gasteiger partial charge >= 0.3 is 0 Å². The number of aromatic amines is 2. The summed E-state index contributed by atoms with van der Waals surface area (Å²) >= 11 is 0. The number of nitrogens with zero attached hydrogens (tertiary/aromatic N) is 3. The third kappa shape index (κ3) is 4.30. The van der Waals surface area contributed by atoms with Gasteiger partial charge in [-0.3, -0.25) is 15.0 Å². The summed E-state index contributed by atoms with van der Waals surface area (Å²) in [6.07, 6.45) is 1.77. The Hall–Kier alpha value is -4.18. The van der Waals surface area contributed by atoms with Crippen LogP contribution in [0, 0.1) is 0 Å². The number of fused-ring (bicyclic) bond motifs is 1. The van der Waals surface area contributed by atoms with Gasteiger partial charge in [-0.1, -0.05) is 0 Å². The van der Waals surface area contributed by atoms with Crippen molar-refractivity contribution in [2.24, 2.45) is 0 Å². The van der Waals surface area contributed by atoms with E-state index in [0.717, 1.165) is 40.0 Å². The minimum Gasteiger partial charge on any atom is -0.484 e. The van der Waals surface area contributed by atoms with E-state index in [1.807, 2.05) is 37.3 Å². The van der Waals surface area contributed by atoms with Crippen LogP contribution in [0.25, 0.3) is 22.3 Å². The second-order valence-corrected chi connectivity index (χ2v) is 7.53. The fourth-order valence-electron chi connectivity index (χ4n) is 3.44. The largest absolute Gasteiger partial charge is 0.484 e. The van der Waals surface area contributed by atoms with Crippen LogP contribution in [-0.4, -0.2) is 51.0 Å². The number of amides is 1. The summed E-state index contributed by atoms with van der Waals surface area (Å²) in [5, 5.41) is 24.4. The number of carbonyl (C=O) groups is 1. The second-order valence-electron chi connectivity index (χ2n) is 7.53. The lowest BCUT2D eigenvalue weighted by atomic mass is 10.2. The quantitative estimate of drug-likeness (QED) is 0.304. The molecule has 0 spiro atoms. The maximum Gasteiger partial charge on any atom is 0.262 e. The number of ether oxygens (including phenoxy) is 1. The molecule has 4 aromatic rings. The molecule has 0 aliphatic carbocycles. The van der Waals surface area contributed by atoms with Crippen LogP contribution in [-0.2, 0) is 4.79 Å². The molecule has 0 atom stereocenters. The maximum atomic E-state index is 12.1. The molecule has 32 heavy (non-hydrogen) atoms. The number of H-pyrrole nitrogens is 2. The topological polar surface area (TPSA) is 133 Å². The fourth-order valence-corrected chi connectivity index (χ4v) is 3.44. The predicted octanol–water partition coefficient (Wildman–Crippen LogP) is 2.46. The molecule has 0 unspecified atom stereocenters. The molecular formula is C22H22N8O2. The molecular weight excluding hydrogens is 408 g/mol. The van der Waals surface area contributed by atoms with Gasteiger partial charge in [-0.15, -0.1) is 5.10 Å². The first-order chi connectivity index (χ1) is 15.6. The maximum absolute atomic E-state index is 12.1. The Bertz CT molecular complexity index is 1290. The summed E-state index contributed by atoms with van der Waals surface area (Å²) < 4.78 is 5.60. The van der Waals surface area contributed by atoms with Crippen molar-refractivity contribution in [3.8, 4) is 17.1 Å². The molecule has 10 heteroatoms. The molecule has 1 amide bonds. The number of hydrogen-bond donors (Lipinski definition) is 5. The zero-order valence-corrected chi connectivity index (χ0v) is 17.4. The average Bonchev–Trinajstić information content (AvgIpc) is 3.55. The van der Waals surface area contributed by atoms with Gasteiger partial charge in [-0.2, -0.15) is 10.1 Å². The normalized spacial score (nSPS) is 13.5. The highest BCUT2D eigenvalue weighted by molar-refractivity contribution is 5.82. The predicted molar refractivity (Wildman–Crippen MR) is 120 cm³/mol. The number of anilines is 2. The molecule has 162 valence electrons. The summed E-state index contributed by atoms with van der Waals surface area (Å²) in [5.41, 5.74) is 4.75. The monoisotopic (exact) mass is 430 g/mol. The molecule has 0 radical (unpaired) electrons. The van der Waals surface area contributed by atoms with Crippen LogP contribution in [0.5, 0.6) is 5.75 Å². The summed E-state index contributed by atoms with van der Waals surface area (Å²) in [5.74, 6) is 1.51. The van der Waals surface area contributed by atoms with E-state index in [1.165, 1.54) is 0 Å². The van der Waals surface area contributed by atoms with E-state index < -0.39 is 0 Å². The van der Waals surface area contributed by atoms with Gasteiger partial charge in [0.05, 0.1) is 11.7 Å². The SMILES string of the molecule is CC1=C(NC(=O)COc2ccc(-c3nc(Nc4ccc5[nH]ncc5c4)n[nH]3)cc2)CNC1. The molecule has 2 aromatic heterocycles. The molecule has 1 aliphatic rings. The summed E-state index contributed by atoms with van der Waals surface area (Å²) in [7, 11) is 0. The van der Waals surface area contributed by atoms with E-state index in [1.54, 1.807) is 18.3 Å². The van der Waals surface area contributed by atoms with Crippen LogP contribution >= 0.6 is 0 Å². The molecule has 0 saturated heterocycles. The Labute approximate surface area is 183 Å². The number of nitrogens with one attached hydrogen (secondary N) is 5. The zero-order valence-electron chi connectivity index (χ0n) is 17.4. The highest BCUT2D eigenvalue weighted by Gasteiger charge is 2.13. The van der Waals surface area contributed by atoms with Gasteiger partial charge in [-0.25, -0.2) is 0 Å². The molecule has 0 saturated carbocycles. The van der Waals surface area contributed by atoms with Crippen LogP contribution in [0.3, 0.4) is 0 Å². The Morgan fingerprint density at radius 3 is 2.81 bits per heavy atom. The lowest BCUT2D eigenvalue weighted by Gasteiger charge is -2.09. The van der Waals surface area contributed by atoms with Gasteiger partial charge in [0.15, 0.2) is 12.4 Å². The highest BCUT2D eigenvalue weighted by atomic mass is 16.5. The number of rotatable bonds is 7.